The van der Waals surface area contributed by atoms with Crippen molar-refractivity contribution >= 4 is 27.7 Å². The van der Waals surface area contributed by atoms with Crippen LogP contribution < -0.4 is 4.74 Å². The first-order chi connectivity index (χ1) is 10.5. The van der Waals surface area contributed by atoms with Crippen molar-refractivity contribution in [3.05, 3.63) is 63.9 Å². The molecule has 0 amide bonds. The lowest BCUT2D eigenvalue weighted by atomic mass is 10.1. The topological polar surface area (TPSA) is 52.6 Å². The molecule has 0 unspecified atom stereocenters. The standard InChI is InChI=1S/C16H12BrFO4/c1-21-12-5-2-10(3-6-12)15(19)9-22-16(20)13-7-4-11(18)8-14(13)17/h2-8H,9H2,1H3. The van der Waals surface area contributed by atoms with Crippen molar-refractivity contribution in [3.8, 4) is 5.75 Å². The average molecular weight is 367 g/mol. The second kappa shape index (κ2) is 7.17. The number of hydrogen-bond donors (Lipinski definition) is 0. The zero-order valence-corrected chi connectivity index (χ0v) is 13.2. The molecule has 0 aromatic heterocycles. The molecule has 0 saturated heterocycles. The predicted molar refractivity (Wildman–Crippen MR) is 81.7 cm³/mol. The number of hydrogen-bond acceptors (Lipinski definition) is 4. The van der Waals surface area contributed by atoms with Crippen molar-refractivity contribution in [2.45, 2.75) is 0 Å². The Morgan fingerprint density at radius 1 is 1.14 bits per heavy atom. The van der Waals surface area contributed by atoms with Gasteiger partial charge in [0.2, 0.25) is 0 Å². The molecule has 0 N–H and O–H groups in total. The van der Waals surface area contributed by atoms with Gasteiger partial charge in [-0.2, -0.15) is 0 Å². The van der Waals surface area contributed by atoms with Gasteiger partial charge in [-0.3, -0.25) is 4.79 Å². The van der Waals surface area contributed by atoms with Gasteiger partial charge in [0, 0.05) is 10.0 Å². The summed E-state index contributed by atoms with van der Waals surface area (Å²) in [5.41, 5.74) is 0.565. The molecule has 6 heteroatoms. The van der Waals surface area contributed by atoms with Gasteiger partial charge in [-0.15, -0.1) is 0 Å². The summed E-state index contributed by atoms with van der Waals surface area (Å²) < 4.78 is 23.2. The highest BCUT2D eigenvalue weighted by Crippen LogP contribution is 2.19. The average Bonchev–Trinajstić information content (AvgIpc) is 2.52. The summed E-state index contributed by atoms with van der Waals surface area (Å²) in [7, 11) is 1.53. The van der Waals surface area contributed by atoms with E-state index in [1.807, 2.05) is 0 Å². The molecule has 0 heterocycles. The number of ketones is 1. The summed E-state index contributed by atoms with van der Waals surface area (Å²) >= 11 is 3.08. The third kappa shape index (κ3) is 3.92. The Kier molecular flexibility index (Phi) is 5.27. The molecule has 0 atom stereocenters. The normalized spacial score (nSPS) is 10.1. The van der Waals surface area contributed by atoms with E-state index in [1.54, 1.807) is 24.3 Å². The number of esters is 1. The minimum atomic E-state index is -0.700. The Morgan fingerprint density at radius 2 is 1.82 bits per heavy atom. The van der Waals surface area contributed by atoms with Crippen LogP contribution in [0.2, 0.25) is 0 Å². The first-order valence-corrected chi connectivity index (χ1v) is 7.10. The minimum absolute atomic E-state index is 0.156. The molecule has 0 aliphatic heterocycles. The van der Waals surface area contributed by atoms with Crippen molar-refractivity contribution in [2.75, 3.05) is 13.7 Å². The lowest BCUT2D eigenvalue weighted by molar-refractivity contribution is 0.0473. The van der Waals surface area contributed by atoms with E-state index in [0.29, 0.717) is 11.3 Å². The van der Waals surface area contributed by atoms with Gasteiger partial charge in [-0.25, -0.2) is 9.18 Å². The van der Waals surface area contributed by atoms with E-state index in [4.69, 9.17) is 9.47 Å². The lowest BCUT2D eigenvalue weighted by Crippen LogP contribution is -2.14. The second-order valence-electron chi connectivity index (χ2n) is 4.35. The maximum absolute atomic E-state index is 13.0. The number of carbonyl (C=O) groups is 2. The molecular formula is C16H12BrFO4. The molecule has 4 nitrogen and oxygen atoms in total. The third-order valence-electron chi connectivity index (χ3n) is 2.90. The highest BCUT2D eigenvalue weighted by atomic mass is 79.9. The van der Waals surface area contributed by atoms with Crippen LogP contribution in [-0.4, -0.2) is 25.5 Å². The Morgan fingerprint density at radius 3 is 2.41 bits per heavy atom. The lowest BCUT2D eigenvalue weighted by Gasteiger charge is -2.06. The van der Waals surface area contributed by atoms with Crippen LogP contribution in [0.25, 0.3) is 0 Å². The van der Waals surface area contributed by atoms with Crippen LogP contribution in [0.4, 0.5) is 4.39 Å². The van der Waals surface area contributed by atoms with Crippen LogP contribution in [0, 0.1) is 5.82 Å². The highest BCUT2D eigenvalue weighted by Gasteiger charge is 2.15. The van der Waals surface area contributed by atoms with Crippen molar-refractivity contribution in [2.24, 2.45) is 0 Å². The van der Waals surface area contributed by atoms with E-state index in [2.05, 4.69) is 15.9 Å². The van der Waals surface area contributed by atoms with Gasteiger partial charge in [0.05, 0.1) is 12.7 Å². The van der Waals surface area contributed by atoms with Crippen LogP contribution in [0.5, 0.6) is 5.75 Å². The number of methoxy groups -OCH3 is 1. The first kappa shape index (κ1) is 16.2. The number of rotatable bonds is 5. The minimum Gasteiger partial charge on any atom is -0.497 e. The highest BCUT2D eigenvalue weighted by molar-refractivity contribution is 9.10. The molecule has 0 aliphatic carbocycles. The monoisotopic (exact) mass is 366 g/mol. The molecule has 0 bridgehead atoms. The quantitative estimate of drug-likeness (QED) is 0.598. The molecule has 2 aromatic carbocycles. The molecule has 0 aliphatic rings. The fourth-order valence-electron chi connectivity index (χ4n) is 1.72. The second-order valence-corrected chi connectivity index (χ2v) is 5.21. The van der Waals surface area contributed by atoms with E-state index in [0.717, 1.165) is 12.1 Å². The molecule has 2 aromatic rings. The Labute approximate surface area is 135 Å². The Hall–Kier alpha value is -2.21. The van der Waals surface area contributed by atoms with E-state index >= 15 is 0 Å². The van der Waals surface area contributed by atoms with Crippen molar-refractivity contribution < 1.29 is 23.5 Å². The van der Waals surface area contributed by atoms with Crippen LogP contribution in [0.3, 0.4) is 0 Å². The van der Waals surface area contributed by atoms with Crippen molar-refractivity contribution in [3.63, 3.8) is 0 Å². The summed E-state index contributed by atoms with van der Waals surface area (Å²) in [6.07, 6.45) is 0. The van der Waals surface area contributed by atoms with Gasteiger partial charge in [0.25, 0.3) is 0 Å². The number of benzene rings is 2. The number of carbonyl (C=O) groups excluding carboxylic acids is 2. The maximum atomic E-state index is 13.0. The van der Waals surface area contributed by atoms with E-state index in [1.165, 1.54) is 13.2 Å². The van der Waals surface area contributed by atoms with E-state index in [9.17, 15) is 14.0 Å². The third-order valence-corrected chi connectivity index (χ3v) is 3.55. The van der Waals surface area contributed by atoms with Crippen LogP contribution in [-0.2, 0) is 4.74 Å². The number of Topliss-reactive ketones (excluding diaryl/α,β-unsaturated/α-hetero) is 1. The van der Waals surface area contributed by atoms with Crippen LogP contribution in [0.15, 0.2) is 46.9 Å². The molecule has 0 spiro atoms. The zero-order chi connectivity index (χ0) is 16.1. The summed E-state index contributed by atoms with van der Waals surface area (Å²) in [5, 5.41) is 0. The van der Waals surface area contributed by atoms with Gasteiger partial charge in [-0.05, 0) is 58.4 Å². The number of ether oxygens (including phenoxy) is 2. The number of halogens is 2. The molecule has 0 saturated carbocycles. The van der Waals surface area contributed by atoms with Crippen molar-refractivity contribution in [1.29, 1.82) is 0 Å². The summed E-state index contributed by atoms with van der Waals surface area (Å²) in [6.45, 7) is -0.394. The predicted octanol–water partition coefficient (Wildman–Crippen LogP) is 3.64. The Bertz CT molecular complexity index is 698. The molecule has 2 rings (SSSR count). The molecule has 114 valence electrons. The Balaban J connectivity index is 1.99. The van der Waals surface area contributed by atoms with Gasteiger partial charge in [0.1, 0.15) is 11.6 Å². The van der Waals surface area contributed by atoms with E-state index < -0.39 is 18.4 Å². The van der Waals surface area contributed by atoms with Gasteiger partial charge in [-0.1, -0.05) is 0 Å². The molecule has 0 fully saturated rings. The fraction of sp³-hybridized carbons (Fsp3) is 0.125. The molecule has 22 heavy (non-hydrogen) atoms. The van der Waals surface area contributed by atoms with E-state index in [-0.39, 0.29) is 15.8 Å². The zero-order valence-electron chi connectivity index (χ0n) is 11.6. The SMILES string of the molecule is COc1ccc(C(=O)COC(=O)c2ccc(F)cc2Br)cc1. The van der Waals surface area contributed by atoms with Gasteiger partial charge in [0.15, 0.2) is 12.4 Å². The molecular weight excluding hydrogens is 355 g/mol. The van der Waals surface area contributed by atoms with Crippen molar-refractivity contribution in [1.82, 2.24) is 0 Å². The summed E-state index contributed by atoms with van der Waals surface area (Å²) in [4.78, 5) is 23.8. The maximum Gasteiger partial charge on any atom is 0.339 e. The van der Waals surface area contributed by atoms with Crippen LogP contribution in [0.1, 0.15) is 20.7 Å². The van der Waals surface area contributed by atoms with Gasteiger partial charge < -0.3 is 9.47 Å². The van der Waals surface area contributed by atoms with Crippen LogP contribution >= 0.6 is 15.9 Å². The smallest absolute Gasteiger partial charge is 0.339 e. The first-order valence-electron chi connectivity index (χ1n) is 6.30. The summed E-state index contributed by atoms with van der Waals surface area (Å²) in [6, 6.07) is 10.1. The summed E-state index contributed by atoms with van der Waals surface area (Å²) in [5.74, 6) is -0.885. The molecule has 0 radical (unpaired) electrons. The van der Waals surface area contributed by atoms with Gasteiger partial charge >= 0.3 is 5.97 Å². The largest absolute Gasteiger partial charge is 0.497 e. The fourth-order valence-corrected chi connectivity index (χ4v) is 2.24.